The molecule has 0 unspecified atom stereocenters. The molecule has 94 valence electrons. The van der Waals surface area contributed by atoms with Gasteiger partial charge in [0, 0.05) is 0 Å². The Labute approximate surface area is 114 Å². The summed E-state index contributed by atoms with van der Waals surface area (Å²) in [5.41, 5.74) is -2.00. The van der Waals surface area contributed by atoms with Crippen molar-refractivity contribution in [1.29, 1.82) is 0 Å². The number of pyridine rings is 1. The minimum absolute atomic E-state index is 0.0538. The van der Waals surface area contributed by atoms with Crippen LogP contribution in [-0.2, 0) is 0 Å². The van der Waals surface area contributed by atoms with Crippen molar-refractivity contribution in [2.75, 3.05) is 0 Å². The second-order valence-corrected chi connectivity index (χ2v) is 4.48. The van der Waals surface area contributed by atoms with Crippen molar-refractivity contribution in [1.82, 2.24) is 4.98 Å². The van der Waals surface area contributed by atoms with Crippen LogP contribution in [0.5, 0.6) is 5.75 Å². The zero-order chi connectivity index (χ0) is 13.6. The van der Waals surface area contributed by atoms with Crippen LogP contribution >= 0.6 is 34.8 Å². The van der Waals surface area contributed by atoms with Gasteiger partial charge in [0.25, 0.3) is 0 Å². The molecule has 0 aliphatic heterocycles. The Hall–Kier alpha value is -1.50. The van der Waals surface area contributed by atoms with Gasteiger partial charge in [-0.25, -0.2) is 0 Å². The number of H-pyrrole nitrogens is 1. The lowest BCUT2D eigenvalue weighted by atomic mass is 10.2. The Kier molecular flexibility index (Phi) is 3.10. The molecule has 0 aliphatic rings. The molecule has 0 amide bonds. The van der Waals surface area contributed by atoms with Crippen LogP contribution in [0.1, 0.15) is 0 Å². The summed E-state index contributed by atoms with van der Waals surface area (Å²) in [5.74, 6) is -0.845. The van der Waals surface area contributed by atoms with E-state index >= 15 is 0 Å². The minimum Gasteiger partial charge on any atom is -0.501 e. The van der Waals surface area contributed by atoms with Gasteiger partial charge in [0.15, 0.2) is 0 Å². The molecule has 0 radical (unpaired) electrons. The van der Waals surface area contributed by atoms with Gasteiger partial charge in [0.2, 0.25) is 5.75 Å². The number of aromatic amines is 1. The topological polar surface area (TPSA) is 96.2 Å². The molecule has 2 N–H and O–H groups in total. The number of benzene rings is 1. The SMILES string of the molecule is O=c1[nH]c2cc(Cl)c(Cl)c(Cl)c2c(O)c1[N+](=O)[O-]. The molecule has 0 atom stereocenters. The third kappa shape index (κ3) is 1.78. The highest BCUT2D eigenvalue weighted by molar-refractivity contribution is 6.50. The van der Waals surface area contributed by atoms with Gasteiger partial charge in [-0.15, -0.1) is 0 Å². The fraction of sp³-hybridized carbons (Fsp3) is 0. The predicted octanol–water partition coefficient (Wildman–Crippen LogP) is 3.10. The maximum absolute atomic E-state index is 11.4. The third-order valence-electron chi connectivity index (χ3n) is 2.27. The van der Waals surface area contributed by atoms with E-state index in [4.69, 9.17) is 34.8 Å². The standard InChI is InChI=1S/C9H3Cl3N2O4/c10-2-1-3-4(6(12)5(2)11)8(15)7(14(17)18)9(16)13-3/h1H,(H2,13,15,16). The van der Waals surface area contributed by atoms with Crippen LogP contribution in [0.2, 0.25) is 15.1 Å². The molecule has 0 saturated carbocycles. The van der Waals surface area contributed by atoms with Crippen LogP contribution in [-0.4, -0.2) is 15.0 Å². The Balaban J connectivity index is 3.07. The van der Waals surface area contributed by atoms with Crippen molar-refractivity contribution in [3.63, 3.8) is 0 Å². The highest BCUT2D eigenvalue weighted by Crippen LogP contribution is 2.41. The van der Waals surface area contributed by atoms with Gasteiger partial charge >= 0.3 is 11.2 Å². The molecule has 2 rings (SSSR count). The first kappa shape index (κ1) is 12.9. The molecule has 6 nitrogen and oxygen atoms in total. The normalized spacial score (nSPS) is 10.8. The fourth-order valence-corrected chi connectivity index (χ4v) is 2.20. The quantitative estimate of drug-likeness (QED) is 0.480. The summed E-state index contributed by atoms with van der Waals surface area (Å²) in [5, 5.41) is 20.1. The molecule has 0 bridgehead atoms. The summed E-state index contributed by atoms with van der Waals surface area (Å²) in [7, 11) is 0. The van der Waals surface area contributed by atoms with Gasteiger partial charge in [0.1, 0.15) is 0 Å². The van der Waals surface area contributed by atoms with Crippen molar-refractivity contribution < 1.29 is 10.0 Å². The van der Waals surface area contributed by atoms with Crippen molar-refractivity contribution in [2.45, 2.75) is 0 Å². The second-order valence-electron chi connectivity index (χ2n) is 3.32. The van der Waals surface area contributed by atoms with Crippen LogP contribution in [0.3, 0.4) is 0 Å². The summed E-state index contributed by atoms with van der Waals surface area (Å²) in [6.07, 6.45) is 0. The summed E-state index contributed by atoms with van der Waals surface area (Å²) in [4.78, 5) is 23.3. The third-order valence-corrected chi connectivity index (χ3v) is 3.53. The van der Waals surface area contributed by atoms with Crippen molar-refractivity contribution >= 4 is 51.4 Å². The first-order valence-corrected chi connectivity index (χ1v) is 5.54. The number of rotatable bonds is 1. The number of nitrogens with zero attached hydrogens (tertiary/aromatic N) is 1. The van der Waals surface area contributed by atoms with E-state index in [2.05, 4.69) is 4.98 Å². The van der Waals surface area contributed by atoms with Crippen LogP contribution < -0.4 is 5.56 Å². The van der Waals surface area contributed by atoms with Crippen molar-refractivity contribution in [3.8, 4) is 5.75 Å². The van der Waals surface area contributed by atoms with Gasteiger partial charge in [-0.3, -0.25) is 14.9 Å². The smallest absolute Gasteiger partial charge is 0.375 e. The molecule has 0 spiro atoms. The largest absolute Gasteiger partial charge is 0.501 e. The minimum atomic E-state index is -1.06. The number of hydrogen-bond acceptors (Lipinski definition) is 4. The lowest BCUT2D eigenvalue weighted by Gasteiger charge is -2.06. The zero-order valence-corrected chi connectivity index (χ0v) is 10.6. The van der Waals surface area contributed by atoms with E-state index in [0.717, 1.165) is 0 Å². The highest BCUT2D eigenvalue weighted by Gasteiger charge is 2.25. The number of hydrogen-bond donors (Lipinski definition) is 2. The second kappa shape index (κ2) is 4.31. The van der Waals surface area contributed by atoms with E-state index in [0.29, 0.717) is 0 Å². The first-order valence-electron chi connectivity index (χ1n) is 4.41. The van der Waals surface area contributed by atoms with Gasteiger partial charge in [-0.1, -0.05) is 34.8 Å². The van der Waals surface area contributed by atoms with Gasteiger partial charge in [-0.05, 0) is 6.07 Å². The van der Waals surface area contributed by atoms with E-state index in [1.165, 1.54) is 6.07 Å². The maximum Gasteiger partial charge on any atom is 0.375 e. The van der Waals surface area contributed by atoms with Crippen LogP contribution in [0.25, 0.3) is 10.9 Å². The lowest BCUT2D eigenvalue weighted by Crippen LogP contribution is -2.11. The van der Waals surface area contributed by atoms with E-state index in [1.807, 2.05) is 0 Å². The number of nitro groups is 1. The molecule has 9 heteroatoms. The summed E-state index contributed by atoms with van der Waals surface area (Å²) < 4.78 is 0. The highest BCUT2D eigenvalue weighted by atomic mass is 35.5. The van der Waals surface area contributed by atoms with Crippen LogP contribution in [0.4, 0.5) is 5.69 Å². The monoisotopic (exact) mass is 308 g/mol. The molecular formula is C9H3Cl3N2O4. The van der Waals surface area contributed by atoms with Crippen LogP contribution in [0, 0.1) is 10.1 Å². The molecular weight excluding hydrogens is 306 g/mol. The Bertz CT molecular complexity index is 741. The lowest BCUT2D eigenvalue weighted by molar-refractivity contribution is -0.387. The van der Waals surface area contributed by atoms with Crippen LogP contribution in [0.15, 0.2) is 10.9 Å². The molecule has 1 aromatic carbocycles. The average Bonchev–Trinajstić information content (AvgIpc) is 2.24. The predicted molar refractivity (Wildman–Crippen MR) is 67.9 cm³/mol. The van der Waals surface area contributed by atoms with E-state index in [-0.39, 0.29) is 26.0 Å². The van der Waals surface area contributed by atoms with Gasteiger partial charge < -0.3 is 10.1 Å². The fourth-order valence-electron chi connectivity index (χ4n) is 1.50. The number of fused-ring (bicyclic) bond motifs is 1. The Morgan fingerprint density at radius 2 is 1.89 bits per heavy atom. The molecule has 0 saturated heterocycles. The number of aromatic hydroxyl groups is 1. The summed E-state index contributed by atoms with van der Waals surface area (Å²) in [6, 6.07) is 1.25. The van der Waals surface area contributed by atoms with Crippen molar-refractivity contribution in [3.05, 3.63) is 41.6 Å². The Morgan fingerprint density at radius 1 is 1.28 bits per heavy atom. The number of halogens is 3. The molecule has 18 heavy (non-hydrogen) atoms. The van der Waals surface area contributed by atoms with Crippen molar-refractivity contribution in [2.24, 2.45) is 0 Å². The number of nitrogens with one attached hydrogen (secondary N) is 1. The van der Waals surface area contributed by atoms with Gasteiger partial charge in [-0.2, -0.15) is 0 Å². The molecule has 0 fully saturated rings. The molecule has 0 aliphatic carbocycles. The number of aromatic nitrogens is 1. The molecule has 1 heterocycles. The first-order chi connectivity index (χ1) is 8.34. The molecule has 1 aromatic heterocycles. The molecule has 2 aromatic rings. The van der Waals surface area contributed by atoms with E-state index < -0.39 is 21.9 Å². The Morgan fingerprint density at radius 3 is 2.44 bits per heavy atom. The maximum atomic E-state index is 11.4. The average molecular weight is 309 g/mol. The van der Waals surface area contributed by atoms with Gasteiger partial charge in [0.05, 0.1) is 30.9 Å². The summed E-state index contributed by atoms with van der Waals surface area (Å²) >= 11 is 17.4. The summed E-state index contributed by atoms with van der Waals surface area (Å²) in [6.45, 7) is 0. The van der Waals surface area contributed by atoms with E-state index in [1.54, 1.807) is 0 Å². The van der Waals surface area contributed by atoms with E-state index in [9.17, 15) is 20.0 Å². The zero-order valence-electron chi connectivity index (χ0n) is 8.33.